The minimum atomic E-state index is -4.87. The number of carbonyl (C=O) groups is 1. The summed E-state index contributed by atoms with van der Waals surface area (Å²) in [6.45, 7) is 8.36. The highest BCUT2D eigenvalue weighted by molar-refractivity contribution is 5.87. The summed E-state index contributed by atoms with van der Waals surface area (Å²) in [7, 11) is 2.03. The summed E-state index contributed by atoms with van der Waals surface area (Å²) in [5.41, 5.74) is -0.282. The van der Waals surface area contributed by atoms with Gasteiger partial charge in [-0.3, -0.25) is 9.69 Å². The molecule has 2 aromatic rings. The van der Waals surface area contributed by atoms with E-state index < -0.39 is 23.6 Å². The van der Waals surface area contributed by atoms with Crippen molar-refractivity contribution in [3.8, 4) is 12.1 Å². The fourth-order valence-corrected chi connectivity index (χ4v) is 6.44. The fourth-order valence-electron chi connectivity index (χ4n) is 6.44. The number of anilines is 2. The normalized spacial score (nSPS) is 22.7. The molecular weight excluding hydrogens is 566 g/mol. The van der Waals surface area contributed by atoms with Crippen LogP contribution in [0.25, 0.3) is 0 Å². The van der Waals surface area contributed by atoms with Crippen LogP contribution < -0.4 is 14.5 Å². The molecule has 9 nitrogen and oxygen atoms in total. The summed E-state index contributed by atoms with van der Waals surface area (Å²) in [5.74, 6) is -0.479. The minimum absolute atomic E-state index is 0.00461. The summed E-state index contributed by atoms with van der Waals surface area (Å²) in [4.78, 5) is 29.2. The molecule has 0 spiro atoms. The first-order valence-electron chi connectivity index (χ1n) is 14.4. The molecule has 43 heavy (non-hydrogen) atoms. The highest BCUT2D eigenvalue weighted by Gasteiger charge is 2.40. The van der Waals surface area contributed by atoms with Gasteiger partial charge in [-0.05, 0) is 44.0 Å². The molecule has 3 aliphatic heterocycles. The van der Waals surface area contributed by atoms with Crippen LogP contribution in [0.1, 0.15) is 36.6 Å². The summed E-state index contributed by atoms with van der Waals surface area (Å²) in [5, 5.41) is 9.44. The highest BCUT2D eigenvalue weighted by atomic mass is 19.4. The molecule has 2 saturated heterocycles. The van der Waals surface area contributed by atoms with Crippen LogP contribution in [-0.2, 0) is 23.9 Å². The number of benzene rings is 1. The molecule has 1 aromatic carbocycles. The molecule has 1 amide bonds. The lowest BCUT2D eigenvalue weighted by Gasteiger charge is -2.42. The Balaban J connectivity index is 1.49. The number of nitriles is 1. The number of likely N-dealkylation sites (tertiary alicyclic amines) is 1. The molecule has 0 radical (unpaired) electrons. The van der Waals surface area contributed by atoms with Crippen LogP contribution >= 0.6 is 0 Å². The van der Waals surface area contributed by atoms with Crippen LogP contribution in [0, 0.1) is 23.1 Å². The number of likely N-dealkylation sites (N-methyl/N-ethyl adjacent to an activating group) is 1. The Hall–Kier alpha value is -3.92. The molecule has 0 aliphatic carbocycles. The van der Waals surface area contributed by atoms with Crippen molar-refractivity contribution in [2.75, 3.05) is 56.2 Å². The van der Waals surface area contributed by atoms with E-state index in [1.54, 1.807) is 4.90 Å². The third kappa shape index (κ3) is 6.39. The van der Waals surface area contributed by atoms with E-state index in [2.05, 4.69) is 29.5 Å². The number of halogens is 4. The number of hydrogen-bond donors (Lipinski definition) is 0. The van der Waals surface area contributed by atoms with Gasteiger partial charge in [0, 0.05) is 44.3 Å². The predicted octanol–water partition coefficient (Wildman–Crippen LogP) is 4.03. The summed E-state index contributed by atoms with van der Waals surface area (Å²) in [6.07, 6.45) is -2.25. The zero-order chi connectivity index (χ0) is 30.9. The number of alkyl halides is 3. The lowest BCUT2D eigenvalue weighted by atomic mass is 10.0. The number of aromatic nitrogens is 2. The molecule has 13 heteroatoms. The first kappa shape index (κ1) is 30.5. The van der Waals surface area contributed by atoms with Crippen molar-refractivity contribution in [2.24, 2.45) is 5.92 Å². The summed E-state index contributed by atoms with van der Waals surface area (Å²) in [6, 6.07) is 5.40. The third-order valence-electron chi connectivity index (χ3n) is 8.51. The Morgan fingerprint density at radius 3 is 2.65 bits per heavy atom. The van der Waals surface area contributed by atoms with E-state index in [-0.39, 0.29) is 43.2 Å². The molecule has 3 atom stereocenters. The number of carbonyl (C=O) groups excluding carboxylic acids is 1. The van der Waals surface area contributed by atoms with E-state index in [1.807, 2.05) is 11.9 Å². The van der Waals surface area contributed by atoms with E-state index in [0.29, 0.717) is 50.1 Å². The van der Waals surface area contributed by atoms with Crippen molar-refractivity contribution >= 4 is 17.4 Å². The smallest absolute Gasteiger partial charge is 0.421 e. The van der Waals surface area contributed by atoms with Crippen molar-refractivity contribution in [3.63, 3.8) is 0 Å². The van der Waals surface area contributed by atoms with Crippen LogP contribution in [0.3, 0.4) is 0 Å². The van der Waals surface area contributed by atoms with E-state index in [9.17, 15) is 27.6 Å². The van der Waals surface area contributed by atoms with Crippen LogP contribution in [0.2, 0.25) is 0 Å². The van der Waals surface area contributed by atoms with Crippen molar-refractivity contribution in [2.45, 2.75) is 51.0 Å². The lowest BCUT2D eigenvalue weighted by molar-refractivity contribution is -0.139. The van der Waals surface area contributed by atoms with Gasteiger partial charge >= 0.3 is 12.2 Å². The standard InChI is InChI=1S/C30H35F4N7O2/c1-4-26(42)41-13-12-40(16-20(41)8-10-35)28-22-9-11-39(25-7-5-6-23(31)27(25)30(32,33)34)17-24(22)36-29(37-28)43-18-21-14-19(2)15-38(21)3/h4-7,19-21H,1,8-9,11-18H2,2-3H3/t19-,20?,21+/m0/s1. The van der Waals surface area contributed by atoms with Crippen LogP contribution in [0.5, 0.6) is 6.01 Å². The number of fused-ring (bicyclic) bond motifs is 1. The zero-order valence-electron chi connectivity index (χ0n) is 24.3. The molecule has 1 unspecified atom stereocenters. The number of amides is 1. The summed E-state index contributed by atoms with van der Waals surface area (Å²) >= 11 is 0. The quantitative estimate of drug-likeness (QED) is 0.347. The van der Waals surface area contributed by atoms with Gasteiger partial charge < -0.3 is 19.4 Å². The van der Waals surface area contributed by atoms with Crippen LogP contribution in [-0.4, -0.2) is 84.1 Å². The molecule has 4 heterocycles. The van der Waals surface area contributed by atoms with E-state index >= 15 is 0 Å². The molecule has 2 fully saturated rings. The predicted molar refractivity (Wildman–Crippen MR) is 152 cm³/mol. The first-order chi connectivity index (χ1) is 20.5. The largest absolute Gasteiger partial charge is 0.462 e. The van der Waals surface area contributed by atoms with Crippen molar-refractivity contribution in [1.29, 1.82) is 5.26 Å². The van der Waals surface area contributed by atoms with Gasteiger partial charge in [0.05, 0.1) is 36.5 Å². The number of nitrogens with zero attached hydrogens (tertiary/aromatic N) is 7. The second-order valence-corrected chi connectivity index (χ2v) is 11.5. The van der Waals surface area contributed by atoms with Crippen molar-refractivity contribution in [3.05, 3.63) is 53.5 Å². The van der Waals surface area contributed by atoms with E-state index in [4.69, 9.17) is 9.72 Å². The third-order valence-corrected chi connectivity index (χ3v) is 8.51. The van der Waals surface area contributed by atoms with Gasteiger partial charge in [0.2, 0.25) is 5.91 Å². The second kappa shape index (κ2) is 12.4. The topological polar surface area (TPSA) is 88.8 Å². The monoisotopic (exact) mass is 601 g/mol. The summed E-state index contributed by atoms with van der Waals surface area (Å²) < 4.78 is 62.2. The molecule has 230 valence electrons. The van der Waals surface area contributed by atoms with Gasteiger partial charge in [-0.15, -0.1) is 0 Å². The minimum Gasteiger partial charge on any atom is -0.462 e. The molecule has 0 saturated carbocycles. The molecule has 5 rings (SSSR count). The molecule has 0 bridgehead atoms. The number of rotatable bonds is 7. The van der Waals surface area contributed by atoms with Crippen molar-refractivity contribution < 1.29 is 27.1 Å². The molecule has 3 aliphatic rings. The second-order valence-electron chi connectivity index (χ2n) is 11.5. The Bertz CT molecular complexity index is 1410. The number of piperazine rings is 1. The SMILES string of the molecule is C=CC(=O)N1CCN(c2nc(OC[C@H]3C[C@H](C)CN3C)nc3c2CCN(c2cccc(F)c2C(F)(F)F)C3)CC1CC#N. The Morgan fingerprint density at radius 1 is 1.19 bits per heavy atom. The lowest BCUT2D eigenvalue weighted by Crippen LogP contribution is -2.55. The van der Waals surface area contributed by atoms with Crippen molar-refractivity contribution in [1.82, 2.24) is 19.8 Å². The Morgan fingerprint density at radius 2 is 1.98 bits per heavy atom. The Labute approximate surface area is 248 Å². The van der Waals surface area contributed by atoms with Crippen LogP contribution in [0.15, 0.2) is 30.9 Å². The molecule has 1 aromatic heterocycles. The van der Waals surface area contributed by atoms with Gasteiger partial charge in [-0.2, -0.15) is 28.4 Å². The average molecular weight is 602 g/mol. The average Bonchev–Trinajstić information content (AvgIpc) is 3.30. The van der Waals surface area contributed by atoms with Gasteiger partial charge in [0.25, 0.3) is 0 Å². The zero-order valence-corrected chi connectivity index (χ0v) is 24.3. The van der Waals surface area contributed by atoms with Gasteiger partial charge in [0.1, 0.15) is 23.8 Å². The molecule has 0 N–H and O–H groups in total. The Kier molecular flexibility index (Phi) is 8.78. The van der Waals surface area contributed by atoms with Gasteiger partial charge in [0.15, 0.2) is 0 Å². The number of hydrogen-bond acceptors (Lipinski definition) is 8. The van der Waals surface area contributed by atoms with Gasteiger partial charge in [-0.25, -0.2) is 4.39 Å². The van der Waals surface area contributed by atoms with Crippen LogP contribution in [0.4, 0.5) is 29.1 Å². The maximum absolute atomic E-state index is 14.4. The van der Waals surface area contributed by atoms with E-state index in [1.165, 1.54) is 23.1 Å². The number of ether oxygens (including phenoxy) is 1. The maximum atomic E-state index is 14.4. The maximum Gasteiger partial charge on any atom is 0.421 e. The fraction of sp³-hybridized carbons (Fsp3) is 0.533. The highest BCUT2D eigenvalue weighted by Crippen LogP contribution is 2.40. The molecular formula is C30H35F4N7O2. The van der Waals surface area contributed by atoms with E-state index in [0.717, 1.165) is 24.6 Å². The first-order valence-corrected chi connectivity index (χ1v) is 14.4. The van der Waals surface area contributed by atoms with Gasteiger partial charge in [-0.1, -0.05) is 19.6 Å².